The van der Waals surface area contributed by atoms with Crippen LogP contribution in [0.1, 0.15) is 19.8 Å². The highest BCUT2D eigenvalue weighted by Gasteiger charge is 2.29. The number of halogens is 1. The van der Waals surface area contributed by atoms with E-state index in [0.29, 0.717) is 31.9 Å². The van der Waals surface area contributed by atoms with Gasteiger partial charge in [0.1, 0.15) is 5.82 Å². The molecule has 3 amide bonds. The number of rotatable bonds is 4. The predicted octanol–water partition coefficient (Wildman–Crippen LogP) is 1.32. The SMILES string of the molecule is CC(C(=O)NC(=O)NC1CC1)N1CCN(c2ccccc2F)CC1. The molecule has 2 aliphatic rings. The van der Waals surface area contributed by atoms with Crippen LogP contribution in [0, 0.1) is 5.82 Å². The second-order valence-electron chi connectivity index (χ2n) is 6.39. The number of para-hydroxylation sites is 1. The quantitative estimate of drug-likeness (QED) is 0.872. The summed E-state index contributed by atoms with van der Waals surface area (Å²) in [6, 6.07) is 6.13. The van der Waals surface area contributed by atoms with Gasteiger partial charge in [0.2, 0.25) is 5.91 Å². The lowest BCUT2D eigenvalue weighted by Gasteiger charge is -2.38. The number of anilines is 1. The number of benzene rings is 1. The number of carbonyl (C=O) groups is 2. The summed E-state index contributed by atoms with van der Waals surface area (Å²) in [5, 5.41) is 5.13. The molecule has 1 aromatic carbocycles. The molecule has 6 nitrogen and oxygen atoms in total. The van der Waals surface area contributed by atoms with Crippen molar-refractivity contribution in [3.8, 4) is 0 Å². The Labute approximate surface area is 141 Å². The second-order valence-corrected chi connectivity index (χ2v) is 6.39. The summed E-state index contributed by atoms with van der Waals surface area (Å²) in [5.74, 6) is -0.527. The molecule has 24 heavy (non-hydrogen) atoms. The van der Waals surface area contributed by atoms with Crippen LogP contribution in [-0.4, -0.2) is 55.1 Å². The minimum atomic E-state index is -0.417. The Morgan fingerprint density at radius 2 is 1.83 bits per heavy atom. The van der Waals surface area contributed by atoms with Crippen LogP contribution in [0.2, 0.25) is 0 Å². The van der Waals surface area contributed by atoms with Gasteiger partial charge in [0.15, 0.2) is 0 Å². The summed E-state index contributed by atoms with van der Waals surface area (Å²) in [7, 11) is 0. The van der Waals surface area contributed by atoms with Crippen LogP contribution in [0.5, 0.6) is 0 Å². The molecule has 2 N–H and O–H groups in total. The molecular weight excluding hydrogens is 311 g/mol. The number of nitrogens with zero attached hydrogens (tertiary/aromatic N) is 2. The van der Waals surface area contributed by atoms with Crippen molar-refractivity contribution >= 4 is 17.6 Å². The molecule has 0 aromatic heterocycles. The molecule has 0 spiro atoms. The first-order chi connectivity index (χ1) is 11.5. The zero-order valence-corrected chi connectivity index (χ0v) is 13.8. The summed E-state index contributed by atoms with van der Waals surface area (Å²) in [4.78, 5) is 27.8. The lowest BCUT2D eigenvalue weighted by Crippen LogP contribution is -2.55. The molecule has 1 saturated heterocycles. The van der Waals surface area contributed by atoms with Crippen LogP contribution in [0.4, 0.5) is 14.9 Å². The topological polar surface area (TPSA) is 64.7 Å². The van der Waals surface area contributed by atoms with Gasteiger partial charge in [-0.05, 0) is 31.9 Å². The van der Waals surface area contributed by atoms with E-state index in [2.05, 4.69) is 10.6 Å². The van der Waals surface area contributed by atoms with Crippen LogP contribution in [-0.2, 0) is 4.79 Å². The zero-order valence-electron chi connectivity index (χ0n) is 13.8. The lowest BCUT2D eigenvalue weighted by atomic mass is 10.2. The maximum absolute atomic E-state index is 13.8. The molecular formula is C17H23FN4O2. The van der Waals surface area contributed by atoms with Crippen molar-refractivity contribution in [3.05, 3.63) is 30.1 Å². The minimum absolute atomic E-state index is 0.220. The van der Waals surface area contributed by atoms with Gasteiger partial charge in [0.25, 0.3) is 0 Å². The van der Waals surface area contributed by atoms with Crippen molar-refractivity contribution in [1.82, 2.24) is 15.5 Å². The zero-order chi connectivity index (χ0) is 17.1. The first-order valence-corrected chi connectivity index (χ1v) is 8.39. The summed E-state index contributed by atoms with van der Waals surface area (Å²) < 4.78 is 13.8. The van der Waals surface area contributed by atoms with Crippen LogP contribution < -0.4 is 15.5 Å². The average Bonchev–Trinajstić information content (AvgIpc) is 3.38. The maximum atomic E-state index is 13.8. The van der Waals surface area contributed by atoms with E-state index < -0.39 is 12.1 Å². The number of urea groups is 1. The van der Waals surface area contributed by atoms with Gasteiger partial charge in [-0.3, -0.25) is 15.0 Å². The number of hydrogen-bond acceptors (Lipinski definition) is 4. The molecule has 0 bridgehead atoms. The van der Waals surface area contributed by atoms with Crippen LogP contribution in [0.15, 0.2) is 24.3 Å². The van der Waals surface area contributed by atoms with Crippen LogP contribution in [0.25, 0.3) is 0 Å². The minimum Gasteiger partial charge on any atom is -0.367 e. The fourth-order valence-corrected chi connectivity index (χ4v) is 2.89. The molecule has 1 heterocycles. The van der Waals surface area contributed by atoms with E-state index in [-0.39, 0.29) is 17.8 Å². The normalized spacial score (nSPS) is 19.7. The van der Waals surface area contributed by atoms with E-state index in [0.717, 1.165) is 12.8 Å². The standard InChI is InChI=1S/C17H23FN4O2/c1-12(16(23)20-17(24)19-13-6-7-13)21-8-10-22(11-9-21)15-5-3-2-4-14(15)18/h2-5,12-13H,6-11H2,1H3,(H2,19,20,23,24). The predicted molar refractivity (Wildman–Crippen MR) is 89.3 cm³/mol. The van der Waals surface area contributed by atoms with Crippen molar-refractivity contribution in [2.75, 3.05) is 31.1 Å². The highest BCUT2D eigenvalue weighted by molar-refractivity contribution is 5.97. The lowest BCUT2D eigenvalue weighted by molar-refractivity contribution is -0.124. The molecule has 130 valence electrons. The first kappa shape index (κ1) is 16.7. The first-order valence-electron chi connectivity index (χ1n) is 8.39. The van der Waals surface area contributed by atoms with Crippen molar-refractivity contribution < 1.29 is 14.0 Å². The van der Waals surface area contributed by atoms with Gasteiger partial charge in [-0.25, -0.2) is 9.18 Å². The maximum Gasteiger partial charge on any atom is 0.321 e. The van der Waals surface area contributed by atoms with Crippen LogP contribution in [0.3, 0.4) is 0 Å². The Bertz CT molecular complexity index is 612. The summed E-state index contributed by atoms with van der Waals surface area (Å²) in [6.45, 7) is 4.37. The van der Waals surface area contributed by atoms with Gasteiger partial charge in [-0.1, -0.05) is 12.1 Å². The number of carbonyl (C=O) groups excluding carboxylic acids is 2. The number of amides is 3. The van der Waals surface area contributed by atoms with Crippen molar-refractivity contribution in [3.63, 3.8) is 0 Å². The van der Waals surface area contributed by atoms with Gasteiger partial charge in [0.05, 0.1) is 11.7 Å². The summed E-state index contributed by atoms with van der Waals surface area (Å²) in [5.41, 5.74) is 0.595. The highest BCUT2D eigenvalue weighted by atomic mass is 19.1. The van der Waals surface area contributed by atoms with Crippen molar-refractivity contribution in [1.29, 1.82) is 0 Å². The number of piperazine rings is 1. The largest absolute Gasteiger partial charge is 0.367 e. The monoisotopic (exact) mass is 334 g/mol. The van der Waals surface area contributed by atoms with Crippen LogP contribution >= 0.6 is 0 Å². The Balaban J connectivity index is 1.49. The number of imide groups is 1. The number of nitrogens with one attached hydrogen (secondary N) is 2. The smallest absolute Gasteiger partial charge is 0.321 e. The van der Waals surface area contributed by atoms with Gasteiger partial charge in [0, 0.05) is 32.2 Å². The molecule has 1 saturated carbocycles. The third kappa shape index (κ3) is 4.03. The molecule has 1 aromatic rings. The Morgan fingerprint density at radius 1 is 1.17 bits per heavy atom. The highest BCUT2D eigenvalue weighted by Crippen LogP contribution is 2.21. The molecule has 1 atom stereocenters. The Hall–Kier alpha value is -2.15. The third-order valence-corrected chi connectivity index (χ3v) is 4.58. The fraction of sp³-hybridized carbons (Fsp3) is 0.529. The molecule has 1 aliphatic carbocycles. The summed E-state index contributed by atoms with van der Waals surface area (Å²) in [6.07, 6.45) is 1.96. The van der Waals surface area contributed by atoms with Crippen molar-refractivity contribution in [2.45, 2.75) is 31.8 Å². The Morgan fingerprint density at radius 3 is 2.46 bits per heavy atom. The van der Waals surface area contributed by atoms with E-state index in [4.69, 9.17) is 0 Å². The van der Waals surface area contributed by atoms with Gasteiger partial charge in [-0.2, -0.15) is 0 Å². The number of hydrogen-bond donors (Lipinski definition) is 2. The van der Waals surface area contributed by atoms with E-state index in [1.165, 1.54) is 6.07 Å². The van der Waals surface area contributed by atoms with Gasteiger partial charge >= 0.3 is 6.03 Å². The molecule has 1 aliphatic heterocycles. The summed E-state index contributed by atoms with van der Waals surface area (Å²) >= 11 is 0. The molecule has 1 unspecified atom stereocenters. The Kier molecular flexibility index (Phi) is 4.99. The van der Waals surface area contributed by atoms with E-state index in [1.54, 1.807) is 19.1 Å². The van der Waals surface area contributed by atoms with E-state index in [9.17, 15) is 14.0 Å². The fourth-order valence-electron chi connectivity index (χ4n) is 2.89. The van der Waals surface area contributed by atoms with E-state index >= 15 is 0 Å². The average molecular weight is 334 g/mol. The molecule has 0 radical (unpaired) electrons. The van der Waals surface area contributed by atoms with Crippen molar-refractivity contribution in [2.24, 2.45) is 0 Å². The van der Waals surface area contributed by atoms with Gasteiger partial charge in [-0.15, -0.1) is 0 Å². The van der Waals surface area contributed by atoms with E-state index in [1.807, 2.05) is 15.9 Å². The molecule has 3 rings (SSSR count). The second kappa shape index (κ2) is 7.17. The van der Waals surface area contributed by atoms with Gasteiger partial charge < -0.3 is 10.2 Å². The molecule has 7 heteroatoms. The molecule has 2 fully saturated rings. The third-order valence-electron chi connectivity index (χ3n) is 4.58.